The summed E-state index contributed by atoms with van der Waals surface area (Å²) < 4.78 is 6.72. The second kappa shape index (κ2) is 12.6. The van der Waals surface area contributed by atoms with Gasteiger partial charge in [0, 0.05) is 33.0 Å². The van der Waals surface area contributed by atoms with E-state index in [2.05, 4.69) is 140 Å². The molecule has 0 radical (unpaired) electrons. The molecular weight excluding hydrogens is 671 g/mol. The van der Waals surface area contributed by atoms with E-state index in [1.165, 1.54) is 32.5 Å². The molecule has 0 saturated heterocycles. The number of nitrogens with zero attached hydrogens (tertiary/aromatic N) is 3. The SMILES string of the molecule is c1ccc(-c2cccc(-c3cccc4c3oc3cccc(-c5nc(-c6ccccc6)nc(-c6ccc7c(ccc8ccc9ccccc9c87)c6)n5)c34)c2)cc1. The zero-order valence-corrected chi connectivity index (χ0v) is 29.6. The molecule has 0 unspecified atom stereocenters. The molecule has 0 N–H and O–H groups in total. The number of fused-ring (bicyclic) bond motifs is 8. The van der Waals surface area contributed by atoms with Crippen molar-refractivity contribution >= 4 is 54.3 Å². The summed E-state index contributed by atoms with van der Waals surface area (Å²) in [7, 11) is 0. The van der Waals surface area contributed by atoms with Crippen LogP contribution < -0.4 is 0 Å². The van der Waals surface area contributed by atoms with Crippen molar-refractivity contribution in [2.24, 2.45) is 0 Å². The molecule has 2 heterocycles. The highest BCUT2D eigenvalue weighted by molar-refractivity contribution is 6.20. The Kier molecular flexibility index (Phi) is 7.14. The van der Waals surface area contributed by atoms with E-state index in [1.807, 2.05) is 48.5 Å². The minimum atomic E-state index is 0.596. The molecule has 0 amide bonds. The molecule has 0 aliphatic heterocycles. The standard InChI is InChI=1S/C51H31N3O/c1-3-12-32(13-4-1)36-17-9-18-37(30-36)42-20-10-21-43-47-44(22-11-23-45(47)55-48(42)43)51-53-49(35-15-5-2-6-16-35)52-50(54-51)39-28-29-41-38(31-39)27-26-34-25-24-33-14-7-8-19-40(33)46(34)41/h1-31H. The summed E-state index contributed by atoms with van der Waals surface area (Å²) in [6.45, 7) is 0. The first kappa shape index (κ1) is 31.1. The first-order valence-corrected chi connectivity index (χ1v) is 18.5. The van der Waals surface area contributed by atoms with Crippen molar-refractivity contribution in [2.75, 3.05) is 0 Å². The predicted octanol–water partition coefficient (Wildman–Crippen LogP) is 13.6. The molecule has 0 spiro atoms. The highest BCUT2D eigenvalue weighted by Crippen LogP contribution is 2.41. The minimum Gasteiger partial charge on any atom is -0.455 e. The van der Waals surface area contributed by atoms with Crippen LogP contribution in [0, 0.1) is 0 Å². The quantitative estimate of drug-likeness (QED) is 0.168. The Morgan fingerprint density at radius 2 is 0.909 bits per heavy atom. The van der Waals surface area contributed by atoms with Crippen LogP contribution in [0.5, 0.6) is 0 Å². The molecule has 4 heteroatoms. The third kappa shape index (κ3) is 5.26. The number of hydrogen-bond acceptors (Lipinski definition) is 4. The molecule has 9 aromatic carbocycles. The van der Waals surface area contributed by atoms with E-state index in [1.54, 1.807) is 0 Å². The van der Waals surface area contributed by atoms with Crippen LogP contribution in [0.25, 0.3) is 111 Å². The summed E-state index contributed by atoms with van der Waals surface area (Å²) >= 11 is 0. The van der Waals surface area contributed by atoms with Gasteiger partial charge in [0.1, 0.15) is 11.2 Å². The van der Waals surface area contributed by atoms with Crippen LogP contribution in [0.15, 0.2) is 192 Å². The number of aromatic nitrogens is 3. The average molecular weight is 702 g/mol. The molecule has 0 bridgehead atoms. The number of para-hydroxylation sites is 1. The van der Waals surface area contributed by atoms with Crippen molar-refractivity contribution in [2.45, 2.75) is 0 Å². The Morgan fingerprint density at radius 3 is 1.76 bits per heavy atom. The normalized spacial score (nSPS) is 11.6. The highest BCUT2D eigenvalue weighted by atomic mass is 16.3. The Balaban J connectivity index is 1.10. The third-order valence-corrected chi connectivity index (χ3v) is 10.7. The van der Waals surface area contributed by atoms with Crippen molar-refractivity contribution in [1.82, 2.24) is 15.0 Å². The van der Waals surface area contributed by atoms with Gasteiger partial charge in [-0.2, -0.15) is 0 Å². The average Bonchev–Trinajstić information content (AvgIpc) is 3.66. The monoisotopic (exact) mass is 701 g/mol. The lowest BCUT2D eigenvalue weighted by Crippen LogP contribution is -2.00. The van der Waals surface area contributed by atoms with Crippen molar-refractivity contribution < 1.29 is 4.42 Å². The first-order valence-electron chi connectivity index (χ1n) is 18.5. The van der Waals surface area contributed by atoms with Gasteiger partial charge in [0.15, 0.2) is 17.5 Å². The van der Waals surface area contributed by atoms with Gasteiger partial charge in [-0.25, -0.2) is 15.0 Å². The van der Waals surface area contributed by atoms with E-state index in [9.17, 15) is 0 Å². The van der Waals surface area contributed by atoms with Crippen molar-refractivity contribution in [1.29, 1.82) is 0 Å². The number of furan rings is 1. The van der Waals surface area contributed by atoms with Crippen molar-refractivity contribution in [3.05, 3.63) is 188 Å². The molecule has 55 heavy (non-hydrogen) atoms. The molecule has 4 nitrogen and oxygen atoms in total. The number of hydrogen-bond donors (Lipinski definition) is 0. The number of benzene rings is 9. The molecular formula is C51H31N3O. The van der Waals surface area contributed by atoms with Crippen LogP contribution in [-0.4, -0.2) is 15.0 Å². The Bertz CT molecular complexity index is 3260. The zero-order chi connectivity index (χ0) is 36.3. The van der Waals surface area contributed by atoms with Gasteiger partial charge in [-0.15, -0.1) is 0 Å². The maximum absolute atomic E-state index is 6.72. The molecule has 11 aromatic rings. The van der Waals surface area contributed by atoms with Crippen LogP contribution >= 0.6 is 0 Å². The zero-order valence-electron chi connectivity index (χ0n) is 29.6. The lowest BCUT2D eigenvalue weighted by Gasteiger charge is -2.11. The van der Waals surface area contributed by atoms with Crippen LogP contribution in [0.2, 0.25) is 0 Å². The molecule has 2 aromatic heterocycles. The van der Waals surface area contributed by atoms with E-state index >= 15 is 0 Å². The Labute approximate surface area is 317 Å². The van der Waals surface area contributed by atoms with E-state index < -0.39 is 0 Å². The van der Waals surface area contributed by atoms with E-state index in [0.717, 1.165) is 60.7 Å². The predicted molar refractivity (Wildman–Crippen MR) is 227 cm³/mol. The van der Waals surface area contributed by atoms with Gasteiger partial charge in [-0.1, -0.05) is 170 Å². The smallest absolute Gasteiger partial charge is 0.164 e. The van der Waals surface area contributed by atoms with Gasteiger partial charge >= 0.3 is 0 Å². The maximum atomic E-state index is 6.72. The van der Waals surface area contributed by atoms with Crippen molar-refractivity contribution in [3.8, 4) is 56.4 Å². The second-order valence-electron chi connectivity index (χ2n) is 14.0. The topological polar surface area (TPSA) is 51.8 Å². The summed E-state index contributed by atoms with van der Waals surface area (Å²) in [6.07, 6.45) is 0. The summed E-state index contributed by atoms with van der Waals surface area (Å²) in [6, 6.07) is 65.7. The molecule has 0 atom stereocenters. The summed E-state index contributed by atoms with van der Waals surface area (Å²) in [5, 5.41) is 9.29. The van der Waals surface area contributed by atoms with Gasteiger partial charge in [0.05, 0.1) is 0 Å². The molecule has 11 rings (SSSR count). The molecule has 0 saturated carbocycles. The van der Waals surface area contributed by atoms with Crippen LogP contribution in [-0.2, 0) is 0 Å². The van der Waals surface area contributed by atoms with E-state index in [4.69, 9.17) is 19.4 Å². The third-order valence-electron chi connectivity index (χ3n) is 10.7. The minimum absolute atomic E-state index is 0.596. The van der Waals surface area contributed by atoms with E-state index in [0.29, 0.717) is 17.5 Å². The second-order valence-corrected chi connectivity index (χ2v) is 14.0. The van der Waals surface area contributed by atoms with Gasteiger partial charge in [-0.05, 0) is 67.2 Å². The van der Waals surface area contributed by atoms with Gasteiger partial charge in [0.2, 0.25) is 0 Å². The van der Waals surface area contributed by atoms with Crippen molar-refractivity contribution in [3.63, 3.8) is 0 Å². The summed E-state index contributed by atoms with van der Waals surface area (Å²) in [5.74, 6) is 1.83. The lowest BCUT2D eigenvalue weighted by molar-refractivity contribution is 0.670. The Hall–Kier alpha value is -7.43. The summed E-state index contributed by atoms with van der Waals surface area (Å²) in [4.78, 5) is 15.4. The molecule has 256 valence electrons. The van der Waals surface area contributed by atoms with E-state index in [-0.39, 0.29) is 0 Å². The largest absolute Gasteiger partial charge is 0.455 e. The molecule has 0 aliphatic carbocycles. The fraction of sp³-hybridized carbons (Fsp3) is 0. The molecule has 0 fully saturated rings. The van der Waals surface area contributed by atoms with Crippen LogP contribution in [0.3, 0.4) is 0 Å². The van der Waals surface area contributed by atoms with Gasteiger partial charge in [0.25, 0.3) is 0 Å². The highest BCUT2D eigenvalue weighted by Gasteiger charge is 2.20. The maximum Gasteiger partial charge on any atom is 0.164 e. The fourth-order valence-corrected chi connectivity index (χ4v) is 8.07. The Morgan fingerprint density at radius 1 is 0.309 bits per heavy atom. The van der Waals surface area contributed by atoms with Crippen LogP contribution in [0.1, 0.15) is 0 Å². The van der Waals surface area contributed by atoms with Crippen LogP contribution in [0.4, 0.5) is 0 Å². The van der Waals surface area contributed by atoms with Gasteiger partial charge < -0.3 is 4.42 Å². The fourth-order valence-electron chi connectivity index (χ4n) is 8.07. The first-order chi connectivity index (χ1) is 27.2. The number of rotatable bonds is 5. The lowest BCUT2D eigenvalue weighted by atomic mass is 9.95. The summed E-state index contributed by atoms with van der Waals surface area (Å²) in [5.41, 5.74) is 8.84. The molecule has 0 aliphatic rings. The van der Waals surface area contributed by atoms with Gasteiger partial charge in [-0.3, -0.25) is 0 Å².